The lowest BCUT2D eigenvalue weighted by Crippen LogP contribution is -2.08. The predicted octanol–water partition coefficient (Wildman–Crippen LogP) is 3.38. The third-order valence-electron chi connectivity index (χ3n) is 3.56. The van der Waals surface area contributed by atoms with Gasteiger partial charge in [0, 0.05) is 16.5 Å². The third-order valence-corrected chi connectivity index (χ3v) is 3.56. The maximum Gasteiger partial charge on any atom is 0.339 e. The molecule has 2 aromatic rings. The maximum absolute atomic E-state index is 11.9. The first kappa shape index (κ1) is 12.7. The molecule has 2 rings (SSSR count). The van der Waals surface area contributed by atoms with Crippen molar-refractivity contribution in [1.82, 2.24) is 0 Å². The van der Waals surface area contributed by atoms with Crippen LogP contribution in [0.1, 0.15) is 35.6 Å². The predicted molar refractivity (Wildman–Crippen MR) is 72.4 cm³/mol. The van der Waals surface area contributed by atoms with E-state index in [4.69, 9.17) is 4.42 Å². The van der Waals surface area contributed by atoms with E-state index in [-0.39, 0.29) is 11.4 Å². The van der Waals surface area contributed by atoms with E-state index in [1.165, 1.54) is 0 Å². The molecular formula is C15H18O3. The Kier molecular flexibility index (Phi) is 3.16. The highest BCUT2D eigenvalue weighted by Gasteiger charge is 2.15. The average Bonchev–Trinajstić information content (AvgIpc) is 2.36. The molecule has 1 aromatic heterocycles. The molecule has 96 valence electrons. The van der Waals surface area contributed by atoms with Crippen LogP contribution in [0, 0.1) is 20.8 Å². The van der Waals surface area contributed by atoms with Crippen LogP contribution in [-0.2, 0) is 6.42 Å². The van der Waals surface area contributed by atoms with Crippen LogP contribution in [0.15, 0.2) is 15.3 Å². The molecule has 1 N–H and O–H groups in total. The number of benzene rings is 1. The Bertz CT molecular complexity index is 666. The van der Waals surface area contributed by atoms with Gasteiger partial charge in [0.15, 0.2) is 0 Å². The summed E-state index contributed by atoms with van der Waals surface area (Å²) in [6.45, 7) is 7.56. The fourth-order valence-electron chi connectivity index (χ4n) is 2.27. The molecule has 0 bridgehead atoms. The number of phenols is 1. The molecule has 0 saturated carbocycles. The second-order valence-electron chi connectivity index (χ2n) is 4.78. The minimum atomic E-state index is -0.267. The smallest absolute Gasteiger partial charge is 0.339 e. The van der Waals surface area contributed by atoms with Crippen LogP contribution in [0.4, 0.5) is 0 Å². The lowest BCUT2D eigenvalue weighted by molar-refractivity contribution is 0.466. The highest BCUT2D eigenvalue weighted by atomic mass is 16.4. The van der Waals surface area contributed by atoms with E-state index in [2.05, 4.69) is 0 Å². The van der Waals surface area contributed by atoms with Crippen molar-refractivity contribution in [1.29, 1.82) is 0 Å². The maximum atomic E-state index is 11.9. The Hall–Kier alpha value is -1.77. The number of hydrogen-bond donors (Lipinski definition) is 1. The van der Waals surface area contributed by atoms with Gasteiger partial charge >= 0.3 is 5.63 Å². The molecule has 0 amide bonds. The van der Waals surface area contributed by atoms with E-state index in [1.807, 2.05) is 33.8 Å². The average molecular weight is 246 g/mol. The molecule has 0 aliphatic rings. The fraction of sp³-hybridized carbons (Fsp3) is 0.400. The van der Waals surface area contributed by atoms with Crippen LogP contribution in [0.3, 0.4) is 0 Å². The molecule has 1 aromatic carbocycles. The van der Waals surface area contributed by atoms with Crippen molar-refractivity contribution in [2.24, 2.45) is 0 Å². The highest BCUT2D eigenvalue weighted by Crippen LogP contribution is 2.33. The van der Waals surface area contributed by atoms with E-state index < -0.39 is 0 Å². The molecular weight excluding hydrogens is 228 g/mol. The number of aromatic hydroxyl groups is 1. The number of phenolic OH excluding ortho intramolecular Hbond substituents is 1. The standard InChI is InChI=1S/C15H18O3/c1-5-6-11-7-12-10(4)13(16)8(2)9(3)14(12)18-15(11)17/h7,16H,5-6H2,1-4H3. The van der Waals surface area contributed by atoms with Gasteiger partial charge in [0.25, 0.3) is 0 Å². The molecule has 3 nitrogen and oxygen atoms in total. The van der Waals surface area contributed by atoms with E-state index in [0.29, 0.717) is 17.6 Å². The summed E-state index contributed by atoms with van der Waals surface area (Å²) in [5, 5.41) is 10.9. The monoisotopic (exact) mass is 246 g/mol. The number of hydrogen-bond acceptors (Lipinski definition) is 3. The van der Waals surface area contributed by atoms with Crippen molar-refractivity contribution in [3.05, 3.63) is 38.7 Å². The topological polar surface area (TPSA) is 50.4 Å². The molecule has 3 heteroatoms. The highest BCUT2D eigenvalue weighted by molar-refractivity contribution is 5.87. The first-order chi connectivity index (χ1) is 8.47. The molecule has 0 atom stereocenters. The number of aryl methyl sites for hydroxylation is 3. The van der Waals surface area contributed by atoms with Gasteiger partial charge in [0.05, 0.1) is 0 Å². The van der Waals surface area contributed by atoms with Crippen LogP contribution in [0.5, 0.6) is 5.75 Å². The summed E-state index contributed by atoms with van der Waals surface area (Å²) in [6.07, 6.45) is 1.59. The van der Waals surface area contributed by atoms with Gasteiger partial charge in [-0.3, -0.25) is 0 Å². The number of rotatable bonds is 2. The van der Waals surface area contributed by atoms with Crippen molar-refractivity contribution in [2.45, 2.75) is 40.5 Å². The zero-order chi connectivity index (χ0) is 13.4. The van der Waals surface area contributed by atoms with Gasteiger partial charge in [-0.15, -0.1) is 0 Å². The third kappa shape index (κ3) is 1.80. The largest absolute Gasteiger partial charge is 0.507 e. The van der Waals surface area contributed by atoms with Crippen LogP contribution in [0.2, 0.25) is 0 Å². The molecule has 1 heterocycles. The molecule has 0 saturated heterocycles. The molecule has 0 unspecified atom stereocenters. The van der Waals surface area contributed by atoms with Crippen LogP contribution in [-0.4, -0.2) is 5.11 Å². The van der Waals surface area contributed by atoms with Crippen molar-refractivity contribution < 1.29 is 9.52 Å². The van der Waals surface area contributed by atoms with Gasteiger partial charge < -0.3 is 9.52 Å². The molecule has 0 aliphatic carbocycles. The zero-order valence-corrected chi connectivity index (χ0v) is 11.3. The van der Waals surface area contributed by atoms with Gasteiger partial charge in [-0.05, 0) is 44.4 Å². The first-order valence-electron chi connectivity index (χ1n) is 6.22. The zero-order valence-electron chi connectivity index (χ0n) is 11.3. The summed E-state index contributed by atoms with van der Waals surface area (Å²) >= 11 is 0. The Labute approximate surface area is 106 Å². The molecule has 0 spiro atoms. The normalized spacial score (nSPS) is 11.1. The van der Waals surface area contributed by atoms with E-state index in [9.17, 15) is 9.90 Å². The van der Waals surface area contributed by atoms with E-state index in [0.717, 1.165) is 28.5 Å². The van der Waals surface area contributed by atoms with Crippen molar-refractivity contribution >= 4 is 11.0 Å². The summed E-state index contributed by atoms with van der Waals surface area (Å²) in [7, 11) is 0. The summed E-state index contributed by atoms with van der Waals surface area (Å²) in [4.78, 5) is 11.9. The molecule has 0 radical (unpaired) electrons. The molecule has 0 aliphatic heterocycles. The lowest BCUT2D eigenvalue weighted by atomic mass is 9.98. The quantitative estimate of drug-likeness (QED) is 0.826. The Morgan fingerprint density at radius 2 is 1.83 bits per heavy atom. The van der Waals surface area contributed by atoms with Gasteiger partial charge in [0.1, 0.15) is 11.3 Å². The minimum Gasteiger partial charge on any atom is -0.507 e. The van der Waals surface area contributed by atoms with Gasteiger partial charge in [0.2, 0.25) is 0 Å². The Morgan fingerprint density at radius 1 is 1.17 bits per heavy atom. The van der Waals surface area contributed by atoms with Crippen LogP contribution >= 0.6 is 0 Å². The minimum absolute atomic E-state index is 0.267. The van der Waals surface area contributed by atoms with Crippen LogP contribution in [0.25, 0.3) is 11.0 Å². The summed E-state index contributed by atoms with van der Waals surface area (Å²) in [6, 6.07) is 1.85. The van der Waals surface area contributed by atoms with Gasteiger partial charge in [-0.1, -0.05) is 13.3 Å². The van der Waals surface area contributed by atoms with Crippen LogP contribution < -0.4 is 5.63 Å². The summed E-state index contributed by atoms with van der Waals surface area (Å²) in [5.74, 6) is 0.288. The Balaban J connectivity index is 2.89. The van der Waals surface area contributed by atoms with Crippen molar-refractivity contribution in [2.75, 3.05) is 0 Å². The van der Waals surface area contributed by atoms with E-state index >= 15 is 0 Å². The van der Waals surface area contributed by atoms with Crippen molar-refractivity contribution in [3.8, 4) is 5.75 Å². The molecule has 0 fully saturated rings. The molecule has 18 heavy (non-hydrogen) atoms. The van der Waals surface area contributed by atoms with Crippen molar-refractivity contribution in [3.63, 3.8) is 0 Å². The SMILES string of the molecule is CCCc1cc2c(C)c(O)c(C)c(C)c2oc1=O. The number of fused-ring (bicyclic) bond motifs is 1. The summed E-state index contributed by atoms with van der Waals surface area (Å²) in [5.41, 5.74) is 3.37. The van der Waals surface area contributed by atoms with Gasteiger partial charge in [-0.25, -0.2) is 4.79 Å². The van der Waals surface area contributed by atoms with E-state index in [1.54, 1.807) is 0 Å². The Morgan fingerprint density at radius 3 is 2.44 bits per heavy atom. The second-order valence-corrected chi connectivity index (χ2v) is 4.78. The van der Waals surface area contributed by atoms with Gasteiger partial charge in [-0.2, -0.15) is 0 Å². The summed E-state index contributed by atoms with van der Waals surface area (Å²) < 4.78 is 5.43. The first-order valence-corrected chi connectivity index (χ1v) is 6.22. The lowest BCUT2D eigenvalue weighted by Gasteiger charge is -2.11. The second kappa shape index (κ2) is 4.48. The fourth-order valence-corrected chi connectivity index (χ4v) is 2.27.